The molecule has 1 aromatic carbocycles. The zero-order valence-electron chi connectivity index (χ0n) is 14.8. The maximum atomic E-state index is 11.6. The first-order valence-electron chi connectivity index (χ1n) is 8.59. The number of aromatic amines is 1. The molecule has 0 spiro atoms. The Kier molecular flexibility index (Phi) is 7.02. The minimum atomic E-state index is -0.499. The minimum Gasteiger partial charge on any atom is -0.343 e. The van der Waals surface area contributed by atoms with Gasteiger partial charge in [0.1, 0.15) is 5.82 Å². The number of rotatable bonds is 3. The zero-order chi connectivity index (χ0) is 18.1. The van der Waals surface area contributed by atoms with Crippen LogP contribution in [0.2, 0.25) is 0 Å². The van der Waals surface area contributed by atoms with Crippen molar-refractivity contribution in [1.29, 1.82) is 5.26 Å². The van der Waals surface area contributed by atoms with Gasteiger partial charge in [0.05, 0.1) is 28.7 Å². The van der Waals surface area contributed by atoms with Crippen molar-refractivity contribution in [2.45, 2.75) is 18.8 Å². The van der Waals surface area contributed by atoms with Crippen molar-refractivity contribution in [2.75, 3.05) is 18.4 Å². The van der Waals surface area contributed by atoms with Gasteiger partial charge < -0.3 is 10.6 Å². The average Bonchev–Trinajstić information content (AvgIpc) is 3.15. The fraction of sp³-hybridized carbons (Fsp3) is 0.333. The number of nitrogens with one attached hydrogen (secondary N) is 3. The largest absolute Gasteiger partial charge is 0.343 e. The predicted octanol–water partition coefficient (Wildman–Crippen LogP) is 3.50. The van der Waals surface area contributed by atoms with Crippen molar-refractivity contribution in [1.82, 2.24) is 15.5 Å². The Bertz CT molecular complexity index is 930. The van der Waals surface area contributed by atoms with Crippen molar-refractivity contribution in [3.05, 3.63) is 63.0 Å². The highest BCUT2D eigenvalue weighted by molar-refractivity contribution is 5.85. The number of hydrogen-bond acceptors (Lipinski definition) is 6. The van der Waals surface area contributed by atoms with Crippen LogP contribution in [-0.2, 0) is 0 Å². The molecular weight excluding hydrogens is 403 g/mol. The number of fused-ring (bicyclic) bond motifs is 1. The third-order valence-electron chi connectivity index (χ3n) is 5.13. The smallest absolute Gasteiger partial charge is 0.273 e. The molecule has 0 radical (unpaired) electrons. The van der Waals surface area contributed by atoms with Crippen molar-refractivity contribution in [3.63, 3.8) is 0 Å². The maximum absolute atomic E-state index is 11.6. The van der Waals surface area contributed by atoms with Crippen LogP contribution < -0.4 is 10.6 Å². The van der Waals surface area contributed by atoms with Gasteiger partial charge in [-0.25, -0.2) is 0 Å². The van der Waals surface area contributed by atoms with Crippen LogP contribution in [-0.4, -0.2) is 28.2 Å². The van der Waals surface area contributed by atoms with E-state index in [-0.39, 0.29) is 36.4 Å². The molecule has 1 saturated heterocycles. The maximum Gasteiger partial charge on any atom is 0.273 e. The normalized spacial score (nSPS) is 18.8. The number of allylic oxidation sites excluding steroid dienone is 2. The number of para-hydroxylation sites is 1. The van der Waals surface area contributed by atoms with Gasteiger partial charge in [-0.05, 0) is 25.9 Å². The minimum absolute atomic E-state index is 0. The van der Waals surface area contributed by atoms with Crippen LogP contribution in [0.4, 0.5) is 11.5 Å². The predicted molar refractivity (Wildman–Crippen MR) is 110 cm³/mol. The lowest BCUT2D eigenvalue weighted by Crippen LogP contribution is -2.32. The Morgan fingerprint density at radius 2 is 1.89 bits per heavy atom. The van der Waals surface area contributed by atoms with Gasteiger partial charge in [0.25, 0.3) is 5.69 Å². The van der Waals surface area contributed by atoms with Crippen molar-refractivity contribution in [3.8, 4) is 6.07 Å². The first kappa shape index (κ1) is 21.7. The number of halogens is 2. The van der Waals surface area contributed by atoms with Crippen molar-refractivity contribution in [2.24, 2.45) is 5.92 Å². The van der Waals surface area contributed by atoms with E-state index < -0.39 is 10.8 Å². The number of nitro benzene ring substituents is 1. The summed E-state index contributed by atoms with van der Waals surface area (Å²) < 4.78 is 0. The molecule has 148 valence electrons. The fourth-order valence-electron chi connectivity index (χ4n) is 3.91. The molecule has 28 heavy (non-hydrogen) atoms. The van der Waals surface area contributed by atoms with E-state index in [0.29, 0.717) is 17.0 Å². The van der Waals surface area contributed by atoms with Gasteiger partial charge in [-0.15, -0.1) is 24.8 Å². The highest BCUT2D eigenvalue weighted by Gasteiger charge is 2.37. The summed E-state index contributed by atoms with van der Waals surface area (Å²) in [5.74, 6) is 0.426. The number of anilines is 1. The number of piperidine rings is 1. The number of benzene rings is 1. The molecular formula is C18H20Cl2N6O2. The summed E-state index contributed by atoms with van der Waals surface area (Å²) in [4.78, 5) is 11.2. The Labute approximate surface area is 174 Å². The molecule has 2 aliphatic rings. The lowest BCUT2D eigenvalue weighted by atomic mass is 9.78. The summed E-state index contributed by atoms with van der Waals surface area (Å²) in [5.41, 5.74) is 2.69. The third-order valence-corrected chi connectivity index (χ3v) is 5.13. The molecule has 0 saturated carbocycles. The SMILES string of the molecule is Cl.Cl.N#CC1=C(C2CCNCC2)Nc2[nH]ncc2C1c1ccccc1[N+](=O)[O-]. The van der Waals surface area contributed by atoms with Crippen LogP contribution in [0, 0.1) is 27.4 Å². The Morgan fingerprint density at radius 1 is 1.18 bits per heavy atom. The second-order valence-corrected chi connectivity index (χ2v) is 6.54. The van der Waals surface area contributed by atoms with E-state index in [2.05, 4.69) is 26.9 Å². The van der Waals surface area contributed by atoms with Gasteiger partial charge in [0.2, 0.25) is 0 Å². The van der Waals surface area contributed by atoms with E-state index in [1.54, 1.807) is 24.4 Å². The summed E-state index contributed by atoms with van der Waals surface area (Å²) in [6, 6.07) is 8.94. The van der Waals surface area contributed by atoms with E-state index in [1.807, 2.05) is 0 Å². The second-order valence-electron chi connectivity index (χ2n) is 6.54. The van der Waals surface area contributed by atoms with E-state index in [0.717, 1.165) is 37.2 Å². The molecule has 1 aromatic heterocycles. The molecule has 0 aliphatic carbocycles. The molecule has 10 heteroatoms. The van der Waals surface area contributed by atoms with E-state index in [4.69, 9.17) is 0 Å². The second kappa shape index (κ2) is 9.06. The van der Waals surface area contributed by atoms with Crippen LogP contribution in [0.15, 0.2) is 41.7 Å². The highest BCUT2D eigenvalue weighted by Crippen LogP contribution is 2.45. The topological polar surface area (TPSA) is 120 Å². The van der Waals surface area contributed by atoms with Crippen LogP contribution in [0.1, 0.15) is 29.9 Å². The van der Waals surface area contributed by atoms with Crippen LogP contribution >= 0.6 is 24.8 Å². The summed E-state index contributed by atoms with van der Waals surface area (Å²) in [5, 5.41) is 35.2. The van der Waals surface area contributed by atoms with Crippen LogP contribution in [0.3, 0.4) is 0 Å². The van der Waals surface area contributed by atoms with Gasteiger partial charge in [0, 0.05) is 28.8 Å². The highest BCUT2D eigenvalue weighted by atomic mass is 35.5. The van der Waals surface area contributed by atoms with Gasteiger partial charge in [-0.2, -0.15) is 10.4 Å². The number of nitro groups is 1. The van der Waals surface area contributed by atoms with Gasteiger partial charge in [0.15, 0.2) is 0 Å². The van der Waals surface area contributed by atoms with E-state index in [9.17, 15) is 15.4 Å². The lowest BCUT2D eigenvalue weighted by molar-refractivity contribution is -0.385. The van der Waals surface area contributed by atoms with Crippen LogP contribution in [0.5, 0.6) is 0 Å². The summed E-state index contributed by atoms with van der Waals surface area (Å²) >= 11 is 0. The molecule has 4 rings (SSSR count). The quantitative estimate of drug-likeness (QED) is 0.514. The zero-order valence-corrected chi connectivity index (χ0v) is 16.5. The summed E-state index contributed by atoms with van der Waals surface area (Å²) in [7, 11) is 0. The number of aromatic nitrogens is 2. The molecule has 2 aliphatic heterocycles. The molecule has 1 fully saturated rings. The molecule has 0 amide bonds. The number of nitriles is 1. The lowest BCUT2D eigenvalue weighted by Gasteiger charge is -2.32. The molecule has 8 nitrogen and oxygen atoms in total. The number of hydrogen-bond donors (Lipinski definition) is 3. The standard InChI is InChI=1S/C18H18N6O2.2ClH/c19-9-13-16(12-3-1-2-4-15(12)24(25)26)14-10-21-23-18(14)22-17(13)11-5-7-20-8-6-11;;/h1-4,10-11,16,20H,5-8H2,(H2,21,22,23);2*1H. The van der Waals surface area contributed by atoms with E-state index >= 15 is 0 Å². The Balaban J connectivity index is 0.00000140. The molecule has 0 bridgehead atoms. The van der Waals surface area contributed by atoms with Gasteiger partial charge in [-0.1, -0.05) is 18.2 Å². The molecule has 3 N–H and O–H groups in total. The molecule has 1 atom stereocenters. The summed E-state index contributed by atoms with van der Waals surface area (Å²) in [6.07, 6.45) is 3.47. The third kappa shape index (κ3) is 3.69. The first-order chi connectivity index (χ1) is 12.7. The van der Waals surface area contributed by atoms with Crippen molar-refractivity contribution < 1.29 is 4.92 Å². The molecule has 2 aromatic rings. The summed E-state index contributed by atoms with van der Waals surface area (Å²) in [6.45, 7) is 1.78. The monoisotopic (exact) mass is 422 g/mol. The first-order valence-corrected chi connectivity index (χ1v) is 8.59. The van der Waals surface area contributed by atoms with E-state index in [1.165, 1.54) is 6.07 Å². The van der Waals surface area contributed by atoms with Crippen molar-refractivity contribution >= 4 is 36.3 Å². The van der Waals surface area contributed by atoms with Gasteiger partial charge >= 0.3 is 0 Å². The molecule has 1 unspecified atom stereocenters. The molecule has 3 heterocycles. The van der Waals surface area contributed by atoms with Gasteiger partial charge in [-0.3, -0.25) is 15.2 Å². The fourth-order valence-corrected chi connectivity index (χ4v) is 3.91. The Hall–Kier alpha value is -2.60. The van der Waals surface area contributed by atoms with Crippen LogP contribution in [0.25, 0.3) is 0 Å². The number of nitrogens with zero attached hydrogens (tertiary/aromatic N) is 3. The number of H-pyrrole nitrogens is 1. The average molecular weight is 423 g/mol. The Morgan fingerprint density at radius 3 is 2.57 bits per heavy atom.